The van der Waals surface area contributed by atoms with Crippen LogP contribution in [0.2, 0.25) is 0 Å². The second-order valence-electron chi connectivity index (χ2n) is 19.5. The first-order chi connectivity index (χ1) is 30.1. The molecule has 4 saturated heterocycles. The molecule has 0 aromatic carbocycles. The van der Waals surface area contributed by atoms with E-state index in [0.717, 1.165) is 6.29 Å². The molecule has 0 aromatic heterocycles. The average Bonchev–Trinajstić information content (AvgIpc) is 3.23. The molecule has 4 heterocycles. The number of hydrogen-bond donors (Lipinski definition) is 5. The van der Waals surface area contributed by atoms with Crippen LogP contribution in [-0.4, -0.2) is 187 Å². The van der Waals surface area contributed by atoms with Crippen LogP contribution in [0.15, 0.2) is 0 Å². The predicted octanol–water partition coefficient (Wildman–Crippen LogP) is 2.14. The molecule has 4 aliphatic rings. The van der Waals surface area contributed by atoms with E-state index in [1.165, 1.54) is 21.1 Å². The smallest absolute Gasteiger partial charge is 0.308 e. The van der Waals surface area contributed by atoms with Crippen molar-refractivity contribution in [2.75, 3.05) is 34.9 Å². The fourth-order valence-corrected chi connectivity index (χ4v) is 10.1. The van der Waals surface area contributed by atoms with Gasteiger partial charge in [0, 0.05) is 51.2 Å². The van der Waals surface area contributed by atoms with Crippen LogP contribution in [0, 0.1) is 29.6 Å². The van der Waals surface area contributed by atoms with Gasteiger partial charge in [-0.2, -0.15) is 0 Å². The Morgan fingerprint density at radius 1 is 0.812 bits per heavy atom. The van der Waals surface area contributed by atoms with Crippen molar-refractivity contribution in [3.05, 3.63) is 0 Å². The summed E-state index contributed by atoms with van der Waals surface area (Å²) in [7, 11) is 6.49. The van der Waals surface area contributed by atoms with Gasteiger partial charge in [-0.15, -0.1) is 0 Å². The second-order valence-corrected chi connectivity index (χ2v) is 19.5. The molecule has 5 N–H and O–H groups in total. The minimum Gasteiger partial charge on any atom is -0.462 e. The number of carbonyl (C=O) groups is 3. The van der Waals surface area contributed by atoms with Gasteiger partial charge in [-0.05, 0) is 79.3 Å². The molecule has 0 radical (unpaired) electrons. The molecule has 64 heavy (non-hydrogen) atoms. The maximum absolute atomic E-state index is 13.8. The minimum absolute atomic E-state index is 0.00532. The Morgan fingerprint density at radius 3 is 2.06 bits per heavy atom. The normalized spacial score (nSPS) is 46.1. The number of rotatable bonds is 13. The first-order valence-electron chi connectivity index (χ1n) is 23.3. The third-order valence-corrected chi connectivity index (χ3v) is 14.1. The average molecular weight is 920 g/mol. The third-order valence-electron chi connectivity index (χ3n) is 14.1. The largest absolute Gasteiger partial charge is 0.462 e. The lowest BCUT2D eigenvalue weighted by atomic mass is 9.79. The summed E-state index contributed by atoms with van der Waals surface area (Å²) in [5, 5.41) is 55.8. The molecule has 18 heteroatoms. The Morgan fingerprint density at radius 2 is 1.47 bits per heavy atom. The van der Waals surface area contributed by atoms with Crippen molar-refractivity contribution in [1.29, 1.82) is 0 Å². The maximum atomic E-state index is 13.8. The van der Waals surface area contributed by atoms with Crippen molar-refractivity contribution < 1.29 is 82.5 Å². The van der Waals surface area contributed by atoms with Crippen molar-refractivity contribution in [2.45, 2.75) is 211 Å². The van der Waals surface area contributed by atoms with Crippen LogP contribution in [0.1, 0.15) is 107 Å². The van der Waals surface area contributed by atoms with Crippen LogP contribution in [0.4, 0.5) is 0 Å². The number of aliphatic hydroxyl groups is 5. The SMILES string of the molecule is CC[C@H]1OC(=O)C[C@@H](O)[C@H](C)[C@@H](OC2OC(C)C(OC3CC(C)(O)C(O)C(C)O3)C(N(C)C)C2O)[C@@H](CC=O)C[C@@H](C)C(=O)CCC(C)C[C@@H]1COC1OC(C)C(O)C(OC)C1OC. The van der Waals surface area contributed by atoms with Gasteiger partial charge in [-0.1, -0.05) is 27.7 Å². The summed E-state index contributed by atoms with van der Waals surface area (Å²) in [6, 6.07) is -0.734. The van der Waals surface area contributed by atoms with E-state index in [2.05, 4.69) is 0 Å². The van der Waals surface area contributed by atoms with Gasteiger partial charge >= 0.3 is 5.97 Å². The molecule has 0 spiro atoms. The fourth-order valence-electron chi connectivity index (χ4n) is 10.1. The number of nitrogens with zero attached hydrogens (tertiary/aromatic N) is 1. The van der Waals surface area contributed by atoms with Gasteiger partial charge in [0.2, 0.25) is 0 Å². The third kappa shape index (κ3) is 13.7. The number of likely N-dealkylation sites (N-methyl/N-ethyl adjacent to an activating group) is 1. The second kappa shape index (κ2) is 24.5. The van der Waals surface area contributed by atoms with E-state index in [1.807, 2.05) is 20.8 Å². The summed E-state index contributed by atoms with van der Waals surface area (Å²) in [4.78, 5) is 41.7. The van der Waals surface area contributed by atoms with Gasteiger partial charge in [0.1, 0.15) is 54.8 Å². The lowest BCUT2D eigenvalue weighted by Crippen LogP contribution is -2.65. The van der Waals surface area contributed by atoms with Gasteiger partial charge in [0.25, 0.3) is 0 Å². The number of ketones is 1. The van der Waals surface area contributed by atoms with E-state index in [1.54, 1.807) is 46.7 Å². The molecule has 4 aliphatic heterocycles. The molecular weight excluding hydrogens is 838 g/mol. The number of carbonyl (C=O) groups excluding carboxylic acids is 3. The zero-order valence-electron chi connectivity index (χ0n) is 40.1. The van der Waals surface area contributed by atoms with Gasteiger partial charge in [-0.25, -0.2) is 0 Å². The van der Waals surface area contributed by atoms with Crippen LogP contribution in [-0.2, 0) is 57.0 Å². The lowest BCUT2D eigenvalue weighted by molar-refractivity contribution is -0.341. The quantitative estimate of drug-likeness (QED) is 0.131. The Kier molecular flexibility index (Phi) is 21.0. The topological polar surface area (TPSA) is 239 Å². The van der Waals surface area contributed by atoms with Crippen LogP contribution in [0.5, 0.6) is 0 Å². The number of aliphatic hydroxyl groups excluding tert-OH is 4. The van der Waals surface area contributed by atoms with E-state index in [4.69, 9.17) is 42.6 Å². The summed E-state index contributed by atoms with van der Waals surface area (Å²) < 4.78 is 55.0. The monoisotopic (exact) mass is 920 g/mol. The van der Waals surface area contributed by atoms with Crippen LogP contribution in [0.25, 0.3) is 0 Å². The molecular formula is C46H81NO17. The van der Waals surface area contributed by atoms with E-state index in [0.29, 0.717) is 19.3 Å². The van der Waals surface area contributed by atoms with Crippen molar-refractivity contribution in [2.24, 2.45) is 29.6 Å². The first kappa shape index (κ1) is 54.9. The van der Waals surface area contributed by atoms with E-state index < -0.39 is 134 Å². The van der Waals surface area contributed by atoms with Crippen molar-refractivity contribution in [1.82, 2.24) is 4.90 Å². The number of cyclic esters (lactones) is 1. The highest BCUT2D eigenvalue weighted by molar-refractivity contribution is 5.80. The molecule has 0 bridgehead atoms. The highest BCUT2D eigenvalue weighted by Gasteiger charge is 2.52. The predicted molar refractivity (Wildman–Crippen MR) is 230 cm³/mol. The fraction of sp³-hybridized carbons (Fsp3) is 0.935. The Hall–Kier alpha value is -1.75. The van der Waals surface area contributed by atoms with Crippen molar-refractivity contribution in [3.63, 3.8) is 0 Å². The van der Waals surface area contributed by atoms with Gasteiger partial charge in [-0.3, -0.25) is 9.59 Å². The molecule has 22 atom stereocenters. The van der Waals surface area contributed by atoms with Crippen molar-refractivity contribution in [3.8, 4) is 0 Å². The molecule has 0 aromatic rings. The summed E-state index contributed by atoms with van der Waals surface area (Å²) in [5.74, 6) is -2.91. The number of esters is 1. The molecule has 0 aliphatic carbocycles. The van der Waals surface area contributed by atoms with Gasteiger partial charge < -0.3 is 77.9 Å². The number of aldehydes is 1. The van der Waals surface area contributed by atoms with Crippen LogP contribution >= 0.6 is 0 Å². The molecule has 4 rings (SSSR count). The van der Waals surface area contributed by atoms with Gasteiger partial charge in [0.05, 0.1) is 55.2 Å². The molecule has 4 fully saturated rings. The Bertz CT molecular complexity index is 1450. The van der Waals surface area contributed by atoms with Gasteiger partial charge in [0.15, 0.2) is 18.9 Å². The summed E-state index contributed by atoms with van der Waals surface area (Å²) in [6.07, 6.45) is -11.5. The summed E-state index contributed by atoms with van der Waals surface area (Å²) in [5.41, 5.74) is -1.48. The number of ether oxygens (including phenoxy) is 9. The van der Waals surface area contributed by atoms with E-state index >= 15 is 0 Å². The standard InChI is InChI=1S/C46H81NO17/c1-13-33-30(22-58-45-42(57-12)41(56-11)37(52)26(5)60-45)18-23(2)14-15-31(49)24(3)19-29(16-17-48)39(25(4)32(50)20-34(51)62-33)64-44-38(53)36(47(9)10)40(27(6)61-44)63-35-21-46(8,55)43(54)28(7)59-35/h17,23-30,32-33,35-45,50,52-55H,13-16,18-22H2,1-12H3/t23?,24-,25+,26?,27?,28?,29+,30-,32-,33-,35?,36?,37?,38?,39-,40?,41?,42?,43?,44?,45?,46?/m1/s1. The molecule has 372 valence electrons. The maximum Gasteiger partial charge on any atom is 0.308 e. The zero-order valence-corrected chi connectivity index (χ0v) is 40.1. The highest BCUT2D eigenvalue weighted by Crippen LogP contribution is 2.38. The van der Waals surface area contributed by atoms with E-state index in [-0.39, 0.29) is 49.9 Å². The summed E-state index contributed by atoms with van der Waals surface area (Å²) in [6.45, 7) is 14.2. The Balaban J connectivity index is 1.59. The first-order valence-corrected chi connectivity index (χ1v) is 23.3. The number of methoxy groups -OCH3 is 2. The minimum atomic E-state index is -1.48. The molecule has 15 unspecified atom stereocenters. The number of Topliss-reactive ketones (excluding diaryl/α,β-unsaturated/α-hetero) is 1. The number of hydrogen-bond acceptors (Lipinski definition) is 18. The highest BCUT2D eigenvalue weighted by atomic mass is 16.7. The van der Waals surface area contributed by atoms with Crippen LogP contribution < -0.4 is 0 Å². The van der Waals surface area contributed by atoms with E-state index in [9.17, 15) is 39.9 Å². The summed E-state index contributed by atoms with van der Waals surface area (Å²) >= 11 is 0. The van der Waals surface area contributed by atoms with Crippen molar-refractivity contribution >= 4 is 18.0 Å². The molecule has 0 saturated carbocycles. The lowest BCUT2D eigenvalue weighted by Gasteiger charge is -2.50. The zero-order chi connectivity index (χ0) is 47.8. The Labute approximate surface area is 379 Å². The van der Waals surface area contributed by atoms with Crippen LogP contribution in [0.3, 0.4) is 0 Å². The molecule has 18 nitrogen and oxygen atoms in total. The molecule has 0 amide bonds.